The molecule has 0 saturated carbocycles. The number of nitrogens with zero attached hydrogens (tertiary/aromatic N) is 1. The van der Waals surface area contributed by atoms with Gasteiger partial charge in [0.2, 0.25) is 0 Å². The van der Waals surface area contributed by atoms with Crippen LogP contribution in [0.15, 0.2) is 48.5 Å². The van der Waals surface area contributed by atoms with Crippen molar-refractivity contribution in [1.82, 2.24) is 10.6 Å². The Labute approximate surface area is 156 Å². The Kier molecular flexibility index (Phi) is 7.23. The van der Waals surface area contributed by atoms with Crippen molar-refractivity contribution in [3.8, 4) is 0 Å². The summed E-state index contributed by atoms with van der Waals surface area (Å²) >= 11 is 5.84. The molecule has 26 heavy (non-hydrogen) atoms. The molecule has 0 aliphatic rings. The van der Waals surface area contributed by atoms with E-state index in [0.717, 1.165) is 0 Å². The van der Waals surface area contributed by atoms with E-state index in [9.17, 15) is 14.0 Å². The fourth-order valence-electron chi connectivity index (χ4n) is 2.20. The first kappa shape index (κ1) is 19.5. The first-order valence-corrected chi connectivity index (χ1v) is 8.48. The topological polar surface area (TPSA) is 73.5 Å². The van der Waals surface area contributed by atoms with Gasteiger partial charge in [-0.3, -0.25) is 4.90 Å². The Morgan fingerprint density at radius 3 is 2.31 bits per heavy atom. The van der Waals surface area contributed by atoms with Crippen LogP contribution < -0.4 is 20.9 Å². The van der Waals surface area contributed by atoms with Gasteiger partial charge in [-0.2, -0.15) is 0 Å². The maximum Gasteiger partial charge on any atom is 0.326 e. The Bertz CT molecular complexity index is 738. The highest BCUT2D eigenvalue weighted by molar-refractivity contribution is 6.30. The average Bonchev–Trinajstić information content (AvgIpc) is 2.62. The molecule has 2 aromatic carbocycles. The summed E-state index contributed by atoms with van der Waals surface area (Å²) in [6.45, 7) is 2.76. The fraction of sp³-hybridized carbons (Fsp3) is 0.222. The summed E-state index contributed by atoms with van der Waals surface area (Å²) in [5.41, 5.74) is 1.08. The van der Waals surface area contributed by atoms with E-state index in [0.29, 0.717) is 22.9 Å². The number of benzene rings is 2. The largest absolute Gasteiger partial charge is 0.338 e. The summed E-state index contributed by atoms with van der Waals surface area (Å²) in [5.74, 6) is -0.396. The Balaban J connectivity index is 2.08. The van der Waals surface area contributed by atoms with Crippen molar-refractivity contribution >= 4 is 35.0 Å². The van der Waals surface area contributed by atoms with Crippen molar-refractivity contribution in [1.29, 1.82) is 0 Å². The number of anilines is 2. The Hall–Kier alpha value is -2.80. The summed E-state index contributed by atoms with van der Waals surface area (Å²) in [6.07, 6.45) is 0. The quantitative estimate of drug-likeness (QED) is 0.714. The smallest absolute Gasteiger partial charge is 0.326 e. The SMILES string of the molecule is CCNC(=O)NCCN(C(=O)Nc1ccc(Cl)cc1)c1ccc(F)cc1. The molecule has 0 radical (unpaired) electrons. The lowest BCUT2D eigenvalue weighted by Gasteiger charge is -2.23. The van der Waals surface area contributed by atoms with Gasteiger partial charge in [0.25, 0.3) is 0 Å². The monoisotopic (exact) mass is 378 g/mol. The molecule has 138 valence electrons. The lowest BCUT2D eigenvalue weighted by atomic mass is 10.2. The van der Waals surface area contributed by atoms with Crippen LogP contribution in [-0.2, 0) is 0 Å². The first-order valence-electron chi connectivity index (χ1n) is 8.11. The molecule has 0 saturated heterocycles. The lowest BCUT2D eigenvalue weighted by Crippen LogP contribution is -2.43. The molecular weight excluding hydrogens is 359 g/mol. The maximum absolute atomic E-state index is 13.2. The van der Waals surface area contributed by atoms with Crippen molar-refractivity contribution in [2.75, 3.05) is 29.9 Å². The molecule has 0 aromatic heterocycles. The molecule has 6 nitrogen and oxygen atoms in total. The zero-order valence-electron chi connectivity index (χ0n) is 14.3. The summed E-state index contributed by atoms with van der Waals surface area (Å²) in [4.78, 5) is 25.6. The normalized spacial score (nSPS) is 10.1. The second-order valence-corrected chi connectivity index (χ2v) is 5.79. The number of carbonyl (C=O) groups is 2. The van der Waals surface area contributed by atoms with E-state index in [4.69, 9.17) is 11.6 Å². The third kappa shape index (κ3) is 5.93. The molecule has 0 fully saturated rings. The van der Waals surface area contributed by atoms with Crippen molar-refractivity contribution in [3.63, 3.8) is 0 Å². The van der Waals surface area contributed by atoms with Gasteiger partial charge in [0.15, 0.2) is 0 Å². The van der Waals surface area contributed by atoms with E-state index in [1.165, 1.54) is 29.2 Å². The van der Waals surface area contributed by atoms with Crippen LogP contribution in [0.3, 0.4) is 0 Å². The predicted molar refractivity (Wildman–Crippen MR) is 101 cm³/mol. The lowest BCUT2D eigenvalue weighted by molar-refractivity contribution is 0.241. The minimum absolute atomic E-state index is 0.211. The van der Waals surface area contributed by atoms with Gasteiger partial charge >= 0.3 is 12.1 Å². The van der Waals surface area contributed by atoms with E-state index in [2.05, 4.69) is 16.0 Å². The van der Waals surface area contributed by atoms with Gasteiger partial charge in [-0.1, -0.05) is 11.6 Å². The summed E-state index contributed by atoms with van der Waals surface area (Å²) < 4.78 is 13.2. The molecule has 8 heteroatoms. The van der Waals surface area contributed by atoms with Crippen LogP contribution in [0.25, 0.3) is 0 Å². The van der Waals surface area contributed by atoms with Crippen molar-refractivity contribution < 1.29 is 14.0 Å². The Morgan fingerprint density at radius 1 is 1.04 bits per heavy atom. The molecule has 0 heterocycles. The van der Waals surface area contributed by atoms with Crippen LogP contribution in [-0.4, -0.2) is 31.7 Å². The summed E-state index contributed by atoms with van der Waals surface area (Å²) in [6, 6.07) is 11.5. The number of amides is 4. The van der Waals surface area contributed by atoms with Crippen LogP contribution in [0.2, 0.25) is 5.02 Å². The summed E-state index contributed by atoms with van der Waals surface area (Å²) in [7, 11) is 0. The first-order chi connectivity index (χ1) is 12.5. The predicted octanol–water partition coefficient (Wildman–Crippen LogP) is 3.84. The van der Waals surface area contributed by atoms with Gasteiger partial charge < -0.3 is 16.0 Å². The zero-order valence-corrected chi connectivity index (χ0v) is 15.0. The van der Waals surface area contributed by atoms with Crippen molar-refractivity contribution in [2.45, 2.75) is 6.92 Å². The fourth-order valence-corrected chi connectivity index (χ4v) is 2.32. The average molecular weight is 379 g/mol. The molecule has 0 unspecified atom stereocenters. The van der Waals surface area contributed by atoms with Crippen LogP contribution in [0, 0.1) is 5.82 Å². The Morgan fingerprint density at radius 2 is 1.69 bits per heavy atom. The highest BCUT2D eigenvalue weighted by Crippen LogP contribution is 2.18. The minimum Gasteiger partial charge on any atom is -0.338 e. The van der Waals surface area contributed by atoms with Crippen molar-refractivity contribution in [2.24, 2.45) is 0 Å². The maximum atomic E-state index is 13.2. The van der Waals surface area contributed by atoms with E-state index < -0.39 is 11.8 Å². The number of urea groups is 2. The molecule has 0 aliphatic heterocycles. The number of rotatable bonds is 6. The van der Waals surface area contributed by atoms with Gasteiger partial charge in [-0.15, -0.1) is 0 Å². The van der Waals surface area contributed by atoms with Gasteiger partial charge in [0.1, 0.15) is 5.82 Å². The van der Waals surface area contributed by atoms with Crippen LogP contribution in [0.5, 0.6) is 0 Å². The van der Waals surface area contributed by atoms with Crippen LogP contribution in [0.1, 0.15) is 6.92 Å². The molecule has 4 amide bonds. The number of hydrogen-bond donors (Lipinski definition) is 3. The molecule has 0 aliphatic carbocycles. The molecule has 0 atom stereocenters. The second kappa shape index (κ2) is 9.62. The van der Waals surface area contributed by atoms with Gasteiger partial charge in [-0.25, -0.2) is 14.0 Å². The van der Waals surface area contributed by atoms with E-state index >= 15 is 0 Å². The van der Waals surface area contributed by atoms with E-state index in [1.807, 2.05) is 6.92 Å². The molecule has 0 bridgehead atoms. The third-order valence-corrected chi connectivity index (χ3v) is 3.69. The van der Waals surface area contributed by atoms with Crippen LogP contribution in [0.4, 0.5) is 25.4 Å². The molecule has 2 aromatic rings. The van der Waals surface area contributed by atoms with E-state index in [-0.39, 0.29) is 19.1 Å². The van der Waals surface area contributed by atoms with Crippen LogP contribution >= 0.6 is 11.6 Å². The number of halogens is 2. The molecule has 3 N–H and O–H groups in total. The zero-order chi connectivity index (χ0) is 18.9. The highest BCUT2D eigenvalue weighted by atomic mass is 35.5. The molecule has 2 rings (SSSR count). The molecule has 0 spiro atoms. The minimum atomic E-state index is -0.406. The number of carbonyl (C=O) groups excluding carboxylic acids is 2. The molecular formula is C18H20ClFN4O2. The summed E-state index contributed by atoms with van der Waals surface area (Å²) in [5, 5.41) is 8.58. The van der Waals surface area contributed by atoms with Crippen molar-refractivity contribution in [3.05, 3.63) is 59.4 Å². The van der Waals surface area contributed by atoms with E-state index in [1.54, 1.807) is 24.3 Å². The highest BCUT2D eigenvalue weighted by Gasteiger charge is 2.16. The van der Waals surface area contributed by atoms with Gasteiger partial charge in [0.05, 0.1) is 0 Å². The number of hydrogen-bond acceptors (Lipinski definition) is 2. The third-order valence-electron chi connectivity index (χ3n) is 3.44. The van der Waals surface area contributed by atoms with Gasteiger partial charge in [0, 0.05) is 36.0 Å². The standard InChI is InChI=1S/C18H20ClFN4O2/c1-2-21-17(25)22-11-12-24(16-9-5-14(20)6-10-16)18(26)23-15-7-3-13(19)4-8-15/h3-10H,2,11-12H2,1H3,(H,23,26)(H2,21,22,25). The second-order valence-electron chi connectivity index (χ2n) is 5.35. The number of nitrogens with one attached hydrogen (secondary N) is 3. The van der Waals surface area contributed by atoms with Gasteiger partial charge in [-0.05, 0) is 55.5 Å².